The molecule has 0 radical (unpaired) electrons. The Balaban J connectivity index is 2.31. The van der Waals surface area contributed by atoms with Gasteiger partial charge in [-0.05, 0) is 33.4 Å². The second kappa shape index (κ2) is 6.90. The van der Waals surface area contributed by atoms with Gasteiger partial charge in [0.05, 0.1) is 19.8 Å². The fourth-order valence-electron chi connectivity index (χ4n) is 2.39. The zero-order chi connectivity index (χ0) is 14.5. The number of hydrogen-bond acceptors (Lipinski definition) is 3. The molecule has 1 heterocycles. The first-order valence-electron chi connectivity index (χ1n) is 6.86. The number of morpholine rings is 1. The Hall–Kier alpha value is -0.330. The Labute approximate surface area is 113 Å². The van der Waals surface area contributed by atoms with Crippen LogP contribution in [0, 0.1) is 0 Å². The summed E-state index contributed by atoms with van der Waals surface area (Å²) in [6.45, 7) is 9.19. The monoisotopic (exact) mass is 282 g/mol. The van der Waals surface area contributed by atoms with Gasteiger partial charge in [-0.25, -0.2) is 0 Å². The van der Waals surface area contributed by atoms with Crippen molar-refractivity contribution in [3.63, 3.8) is 0 Å². The minimum atomic E-state index is -4.10. The van der Waals surface area contributed by atoms with Gasteiger partial charge in [0, 0.05) is 18.6 Å². The van der Waals surface area contributed by atoms with E-state index < -0.39 is 12.7 Å². The van der Waals surface area contributed by atoms with Crippen LogP contribution >= 0.6 is 0 Å². The third-order valence-corrected chi connectivity index (χ3v) is 3.57. The highest BCUT2D eigenvalue weighted by atomic mass is 19.4. The zero-order valence-corrected chi connectivity index (χ0v) is 12.1. The van der Waals surface area contributed by atoms with Gasteiger partial charge in [-0.2, -0.15) is 13.2 Å². The fraction of sp³-hybridized carbons (Fsp3) is 1.00. The molecule has 6 heteroatoms. The predicted octanol–water partition coefficient (Wildman–Crippen LogP) is 2.37. The van der Waals surface area contributed by atoms with Crippen LogP contribution in [-0.2, 0) is 4.74 Å². The highest BCUT2D eigenvalue weighted by Crippen LogP contribution is 2.20. The number of rotatable bonds is 6. The molecule has 0 amide bonds. The normalized spacial score (nSPS) is 21.0. The van der Waals surface area contributed by atoms with Crippen LogP contribution in [0.5, 0.6) is 0 Å². The van der Waals surface area contributed by atoms with Gasteiger partial charge >= 0.3 is 6.18 Å². The van der Waals surface area contributed by atoms with Crippen molar-refractivity contribution in [2.75, 3.05) is 45.9 Å². The molecular weight excluding hydrogens is 257 g/mol. The Bertz CT molecular complexity index is 269. The molecule has 114 valence electrons. The van der Waals surface area contributed by atoms with Gasteiger partial charge in [0.25, 0.3) is 0 Å². The lowest BCUT2D eigenvalue weighted by Gasteiger charge is -2.42. The number of halogens is 3. The van der Waals surface area contributed by atoms with Crippen LogP contribution in [-0.4, -0.2) is 67.5 Å². The molecule has 0 saturated carbocycles. The Morgan fingerprint density at radius 2 is 2.00 bits per heavy atom. The van der Waals surface area contributed by atoms with Crippen LogP contribution in [0.15, 0.2) is 0 Å². The molecule has 0 bridgehead atoms. The highest BCUT2D eigenvalue weighted by Gasteiger charge is 2.31. The van der Waals surface area contributed by atoms with Gasteiger partial charge < -0.3 is 4.74 Å². The Morgan fingerprint density at radius 3 is 2.53 bits per heavy atom. The van der Waals surface area contributed by atoms with E-state index in [1.807, 2.05) is 0 Å². The molecule has 1 saturated heterocycles. The molecule has 0 spiro atoms. The third-order valence-electron chi connectivity index (χ3n) is 3.57. The van der Waals surface area contributed by atoms with Gasteiger partial charge in [-0.15, -0.1) is 0 Å². The Kier molecular flexibility index (Phi) is 6.08. The molecule has 0 N–H and O–H groups in total. The summed E-state index contributed by atoms with van der Waals surface area (Å²) < 4.78 is 42.4. The van der Waals surface area contributed by atoms with Gasteiger partial charge in [0.1, 0.15) is 0 Å². The molecule has 1 fully saturated rings. The lowest BCUT2D eigenvalue weighted by molar-refractivity contribution is -0.145. The van der Waals surface area contributed by atoms with E-state index in [2.05, 4.69) is 18.7 Å². The fourth-order valence-corrected chi connectivity index (χ4v) is 2.39. The molecule has 0 unspecified atom stereocenters. The number of ether oxygens (including phenoxy) is 1. The zero-order valence-electron chi connectivity index (χ0n) is 12.1. The van der Waals surface area contributed by atoms with Crippen molar-refractivity contribution in [3.05, 3.63) is 0 Å². The van der Waals surface area contributed by atoms with Crippen LogP contribution in [0.4, 0.5) is 13.2 Å². The topological polar surface area (TPSA) is 15.7 Å². The van der Waals surface area contributed by atoms with Crippen molar-refractivity contribution >= 4 is 0 Å². The van der Waals surface area contributed by atoms with Crippen LogP contribution in [0.3, 0.4) is 0 Å². The van der Waals surface area contributed by atoms with E-state index in [1.165, 1.54) is 4.90 Å². The maximum Gasteiger partial charge on any atom is 0.401 e. The summed E-state index contributed by atoms with van der Waals surface area (Å²) in [5.41, 5.74) is -0.0146. The minimum Gasteiger partial charge on any atom is -0.378 e. The molecule has 1 rings (SSSR count). The van der Waals surface area contributed by atoms with Crippen molar-refractivity contribution in [1.82, 2.24) is 9.80 Å². The van der Waals surface area contributed by atoms with Crippen molar-refractivity contribution < 1.29 is 17.9 Å². The van der Waals surface area contributed by atoms with E-state index in [4.69, 9.17) is 4.74 Å². The summed E-state index contributed by atoms with van der Waals surface area (Å²) in [6.07, 6.45) is -3.35. The number of hydrogen-bond donors (Lipinski definition) is 0. The molecule has 0 aromatic rings. The summed E-state index contributed by atoms with van der Waals surface area (Å²) >= 11 is 0. The summed E-state index contributed by atoms with van der Waals surface area (Å²) in [6, 6.07) is 0. The van der Waals surface area contributed by atoms with Crippen LogP contribution < -0.4 is 0 Å². The maximum absolute atomic E-state index is 12.3. The second-order valence-electron chi connectivity index (χ2n) is 5.69. The molecule has 0 aromatic carbocycles. The summed E-state index contributed by atoms with van der Waals surface area (Å²) in [4.78, 5) is 3.76. The van der Waals surface area contributed by atoms with Gasteiger partial charge in [-0.3, -0.25) is 9.80 Å². The SMILES string of the molecule is CCN(CCCN1CCOCC1(C)C)CC(F)(F)F. The molecule has 0 aliphatic carbocycles. The van der Waals surface area contributed by atoms with E-state index in [0.717, 1.165) is 19.5 Å². The number of alkyl halides is 3. The molecule has 3 nitrogen and oxygen atoms in total. The van der Waals surface area contributed by atoms with E-state index in [1.54, 1.807) is 6.92 Å². The molecule has 0 atom stereocenters. The predicted molar refractivity (Wildman–Crippen MR) is 69.3 cm³/mol. The van der Waals surface area contributed by atoms with Gasteiger partial charge in [0.2, 0.25) is 0 Å². The Morgan fingerprint density at radius 1 is 1.32 bits per heavy atom. The van der Waals surface area contributed by atoms with E-state index in [-0.39, 0.29) is 5.54 Å². The first-order chi connectivity index (χ1) is 8.74. The molecule has 1 aliphatic heterocycles. The summed E-state index contributed by atoms with van der Waals surface area (Å²) in [5.74, 6) is 0. The van der Waals surface area contributed by atoms with E-state index in [0.29, 0.717) is 26.3 Å². The second-order valence-corrected chi connectivity index (χ2v) is 5.69. The molecular formula is C13H25F3N2O. The van der Waals surface area contributed by atoms with Gasteiger partial charge in [-0.1, -0.05) is 6.92 Å². The minimum absolute atomic E-state index is 0.0146. The highest BCUT2D eigenvalue weighted by molar-refractivity contribution is 4.84. The van der Waals surface area contributed by atoms with Crippen molar-refractivity contribution in [3.8, 4) is 0 Å². The molecule has 1 aliphatic rings. The average molecular weight is 282 g/mol. The van der Waals surface area contributed by atoms with Gasteiger partial charge in [0.15, 0.2) is 0 Å². The maximum atomic E-state index is 12.3. The first kappa shape index (κ1) is 16.7. The average Bonchev–Trinajstić information content (AvgIpc) is 2.28. The summed E-state index contributed by atoms with van der Waals surface area (Å²) in [7, 11) is 0. The van der Waals surface area contributed by atoms with Crippen molar-refractivity contribution in [1.29, 1.82) is 0 Å². The largest absolute Gasteiger partial charge is 0.401 e. The lowest BCUT2D eigenvalue weighted by atomic mass is 10.0. The third kappa shape index (κ3) is 6.10. The molecule has 19 heavy (non-hydrogen) atoms. The van der Waals surface area contributed by atoms with Crippen molar-refractivity contribution in [2.24, 2.45) is 0 Å². The van der Waals surface area contributed by atoms with Crippen molar-refractivity contribution in [2.45, 2.75) is 38.9 Å². The van der Waals surface area contributed by atoms with E-state index >= 15 is 0 Å². The molecule has 0 aromatic heterocycles. The first-order valence-corrected chi connectivity index (χ1v) is 6.86. The van der Waals surface area contributed by atoms with Crippen LogP contribution in [0.25, 0.3) is 0 Å². The smallest absolute Gasteiger partial charge is 0.378 e. The summed E-state index contributed by atoms with van der Waals surface area (Å²) in [5, 5.41) is 0. The van der Waals surface area contributed by atoms with Crippen LogP contribution in [0.2, 0.25) is 0 Å². The van der Waals surface area contributed by atoms with Crippen LogP contribution in [0.1, 0.15) is 27.2 Å². The standard InChI is InChI=1S/C13H25F3N2O/c1-4-17(10-13(14,15)16)6-5-7-18-8-9-19-11-12(18,2)3/h4-11H2,1-3H3. The van der Waals surface area contributed by atoms with E-state index in [9.17, 15) is 13.2 Å². The number of nitrogens with zero attached hydrogens (tertiary/aromatic N) is 2. The lowest BCUT2D eigenvalue weighted by Crippen LogP contribution is -2.53. The quantitative estimate of drug-likeness (QED) is 0.744.